The van der Waals surface area contributed by atoms with E-state index in [1.807, 2.05) is 44.2 Å². The van der Waals surface area contributed by atoms with Crippen molar-refractivity contribution in [2.75, 3.05) is 13.2 Å². The molecule has 1 aliphatic heterocycles. The largest absolute Gasteiger partial charge is 0.371 e. The summed E-state index contributed by atoms with van der Waals surface area (Å²) in [6.07, 6.45) is -0.0790. The third kappa shape index (κ3) is 5.04. The van der Waals surface area contributed by atoms with Gasteiger partial charge in [0.15, 0.2) is 12.6 Å². The van der Waals surface area contributed by atoms with Crippen LogP contribution in [0.15, 0.2) is 54.6 Å². The van der Waals surface area contributed by atoms with Crippen molar-refractivity contribution in [1.82, 2.24) is 5.32 Å². The van der Waals surface area contributed by atoms with Crippen LogP contribution < -0.4 is 5.32 Å². The van der Waals surface area contributed by atoms with E-state index < -0.39 is 6.29 Å². The zero-order valence-electron chi connectivity index (χ0n) is 16.0. The molecule has 0 bridgehead atoms. The Labute approximate surface area is 164 Å². The Hall–Kier alpha value is -2.54. The highest BCUT2D eigenvalue weighted by atomic mass is 16.7. The summed E-state index contributed by atoms with van der Waals surface area (Å²) in [5, 5.41) is 2.86. The highest BCUT2D eigenvalue weighted by molar-refractivity contribution is 6.01. The number of benzene rings is 2. The van der Waals surface area contributed by atoms with Gasteiger partial charge in [0.2, 0.25) is 0 Å². The van der Waals surface area contributed by atoms with Gasteiger partial charge < -0.3 is 19.5 Å². The van der Waals surface area contributed by atoms with Gasteiger partial charge in [0, 0.05) is 22.7 Å². The molecule has 2 aromatic carbocycles. The van der Waals surface area contributed by atoms with E-state index >= 15 is 0 Å². The molecule has 2 unspecified atom stereocenters. The number of hydrogen-bond acceptors (Lipinski definition) is 5. The van der Waals surface area contributed by atoms with E-state index in [-0.39, 0.29) is 24.2 Å². The number of nitrogens with one attached hydrogen (secondary N) is 1. The number of aldehydes is 1. The molecule has 6 nitrogen and oxygen atoms in total. The average molecular weight is 383 g/mol. The van der Waals surface area contributed by atoms with Gasteiger partial charge in [0.25, 0.3) is 5.91 Å². The van der Waals surface area contributed by atoms with Gasteiger partial charge in [-0.25, -0.2) is 0 Å². The SMILES string of the molecule is C[C@@H]1OC(c2ccccc2)OCC1OC[C@H](C)NC(=O)c1ccccc1C=O. The molecule has 1 aliphatic rings. The second-order valence-corrected chi connectivity index (χ2v) is 6.87. The van der Waals surface area contributed by atoms with E-state index in [1.54, 1.807) is 24.3 Å². The number of carbonyl (C=O) groups is 2. The third-order valence-corrected chi connectivity index (χ3v) is 4.62. The van der Waals surface area contributed by atoms with Crippen molar-refractivity contribution in [2.24, 2.45) is 0 Å². The van der Waals surface area contributed by atoms with E-state index in [4.69, 9.17) is 14.2 Å². The number of amides is 1. The molecule has 0 aliphatic carbocycles. The van der Waals surface area contributed by atoms with Gasteiger partial charge in [-0.1, -0.05) is 48.5 Å². The molecule has 1 heterocycles. The van der Waals surface area contributed by atoms with Gasteiger partial charge in [-0.2, -0.15) is 0 Å². The first-order valence-corrected chi connectivity index (χ1v) is 9.37. The molecule has 3 rings (SSSR count). The molecule has 4 atom stereocenters. The minimum absolute atomic E-state index is 0.141. The van der Waals surface area contributed by atoms with E-state index in [9.17, 15) is 9.59 Å². The van der Waals surface area contributed by atoms with Crippen LogP contribution in [0.3, 0.4) is 0 Å². The Bertz CT molecular complexity index is 795. The van der Waals surface area contributed by atoms with Crippen LogP contribution in [0.1, 0.15) is 46.4 Å². The molecule has 2 aromatic rings. The van der Waals surface area contributed by atoms with Crippen LogP contribution >= 0.6 is 0 Å². The van der Waals surface area contributed by atoms with Gasteiger partial charge >= 0.3 is 0 Å². The van der Waals surface area contributed by atoms with Crippen molar-refractivity contribution in [3.8, 4) is 0 Å². The maximum absolute atomic E-state index is 12.4. The minimum atomic E-state index is -0.395. The Morgan fingerprint density at radius 2 is 1.93 bits per heavy atom. The minimum Gasteiger partial charge on any atom is -0.371 e. The van der Waals surface area contributed by atoms with Crippen LogP contribution in [-0.2, 0) is 14.2 Å². The van der Waals surface area contributed by atoms with Crippen molar-refractivity contribution in [3.63, 3.8) is 0 Å². The van der Waals surface area contributed by atoms with Gasteiger partial charge in [0.1, 0.15) is 6.10 Å². The number of hydrogen-bond donors (Lipinski definition) is 1. The maximum Gasteiger partial charge on any atom is 0.252 e. The monoisotopic (exact) mass is 383 g/mol. The highest BCUT2D eigenvalue weighted by Gasteiger charge is 2.30. The predicted molar refractivity (Wildman–Crippen MR) is 104 cm³/mol. The average Bonchev–Trinajstić information content (AvgIpc) is 2.73. The molecule has 0 aromatic heterocycles. The first-order valence-electron chi connectivity index (χ1n) is 9.37. The first-order chi connectivity index (χ1) is 13.6. The normalized spacial score (nSPS) is 23.0. The zero-order chi connectivity index (χ0) is 19.9. The fourth-order valence-electron chi connectivity index (χ4n) is 3.03. The topological polar surface area (TPSA) is 73.9 Å². The summed E-state index contributed by atoms with van der Waals surface area (Å²) in [5.74, 6) is -0.299. The van der Waals surface area contributed by atoms with Crippen molar-refractivity contribution in [1.29, 1.82) is 0 Å². The lowest BCUT2D eigenvalue weighted by Crippen LogP contribution is -2.44. The number of carbonyl (C=O) groups excluding carboxylic acids is 2. The van der Waals surface area contributed by atoms with Crippen molar-refractivity contribution >= 4 is 12.2 Å². The van der Waals surface area contributed by atoms with Gasteiger partial charge in [-0.3, -0.25) is 9.59 Å². The summed E-state index contributed by atoms with van der Waals surface area (Å²) in [5.41, 5.74) is 1.69. The summed E-state index contributed by atoms with van der Waals surface area (Å²) < 4.78 is 17.6. The molecular formula is C22H25NO5. The molecule has 148 valence electrons. The van der Waals surface area contributed by atoms with E-state index in [0.717, 1.165) is 5.56 Å². The van der Waals surface area contributed by atoms with E-state index in [2.05, 4.69) is 5.32 Å². The van der Waals surface area contributed by atoms with Crippen molar-refractivity contribution < 1.29 is 23.8 Å². The molecule has 28 heavy (non-hydrogen) atoms. The molecule has 0 saturated carbocycles. The van der Waals surface area contributed by atoms with Crippen molar-refractivity contribution in [3.05, 3.63) is 71.3 Å². The van der Waals surface area contributed by atoms with Crippen LogP contribution in [-0.4, -0.2) is 43.7 Å². The molecule has 1 saturated heterocycles. The zero-order valence-corrected chi connectivity index (χ0v) is 16.0. The Balaban J connectivity index is 1.48. The van der Waals surface area contributed by atoms with Crippen LogP contribution in [0.4, 0.5) is 0 Å². The summed E-state index contributed by atoms with van der Waals surface area (Å²) in [6.45, 7) is 4.53. The first kappa shape index (κ1) is 20.2. The third-order valence-electron chi connectivity index (χ3n) is 4.62. The Morgan fingerprint density at radius 1 is 1.21 bits per heavy atom. The molecule has 1 amide bonds. The van der Waals surface area contributed by atoms with Crippen molar-refractivity contribution in [2.45, 2.75) is 38.4 Å². The van der Waals surface area contributed by atoms with E-state index in [1.165, 1.54) is 0 Å². The fourth-order valence-corrected chi connectivity index (χ4v) is 3.03. The number of ether oxygens (including phenoxy) is 3. The molecular weight excluding hydrogens is 358 g/mol. The van der Waals surface area contributed by atoms with Crippen LogP contribution in [0, 0.1) is 0 Å². The molecule has 0 radical (unpaired) electrons. The summed E-state index contributed by atoms with van der Waals surface area (Å²) in [4.78, 5) is 23.5. The quantitative estimate of drug-likeness (QED) is 0.744. The summed E-state index contributed by atoms with van der Waals surface area (Å²) in [7, 11) is 0. The smallest absolute Gasteiger partial charge is 0.252 e. The lowest BCUT2D eigenvalue weighted by atomic mass is 10.1. The summed E-state index contributed by atoms with van der Waals surface area (Å²) in [6, 6.07) is 16.2. The Kier molecular flexibility index (Phi) is 6.92. The highest BCUT2D eigenvalue weighted by Crippen LogP contribution is 2.27. The molecule has 1 N–H and O–H groups in total. The molecule has 1 fully saturated rings. The molecule has 6 heteroatoms. The van der Waals surface area contributed by atoms with Gasteiger partial charge in [-0.15, -0.1) is 0 Å². The summed E-state index contributed by atoms with van der Waals surface area (Å²) >= 11 is 0. The second-order valence-electron chi connectivity index (χ2n) is 6.87. The van der Waals surface area contributed by atoms with Crippen LogP contribution in [0.2, 0.25) is 0 Å². The Morgan fingerprint density at radius 3 is 2.64 bits per heavy atom. The van der Waals surface area contributed by atoms with Crippen LogP contribution in [0.5, 0.6) is 0 Å². The van der Waals surface area contributed by atoms with E-state index in [0.29, 0.717) is 30.6 Å². The number of rotatable bonds is 7. The van der Waals surface area contributed by atoms with Gasteiger partial charge in [-0.05, 0) is 19.9 Å². The lowest BCUT2D eigenvalue weighted by Gasteiger charge is -2.35. The lowest BCUT2D eigenvalue weighted by molar-refractivity contribution is -0.261. The molecule has 0 spiro atoms. The van der Waals surface area contributed by atoms with Gasteiger partial charge in [0.05, 0.1) is 19.3 Å². The maximum atomic E-state index is 12.4. The predicted octanol–water partition coefficient (Wildman–Crippen LogP) is 3.14. The fraction of sp³-hybridized carbons (Fsp3) is 0.364. The van der Waals surface area contributed by atoms with Crippen LogP contribution in [0.25, 0.3) is 0 Å². The standard InChI is InChI=1S/C22H25NO5/c1-15(23-21(25)19-11-7-6-10-18(19)12-24)13-26-20-14-27-22(28-16(20)2)17-8-4-3-5-9-17/h3-12,15-16,20,22H,13-14H2,1-2H3,(H,23,25)/t15-,16-,20?,22?/m0/s1. The second kappa shape index (κ2) is 9.59.